The van der Waals surface area contributed by atoms with Crippen LogP contribution in [0.25, 0.3) is 0 Å². The van der Waals surface area contributed by atoms with E-state index in [0.29, 0.717) is 6.42 Å². The summed E-state index contributed by atoms with van der Waals surface area (Å²) in [6, 6.07) is 0. The Kier molecular flexibility index (Phi) is 13.6. The number of hydrogen-bond acceptors (Lipinski definition) is 5. The Morgan fingerprint density at radius 1 is 1.00 bits per heavy atom. The van der Waals surface area contributed by atoms with E-state index in [1.54, 1.807) is 0 Å². The van der Waals surface area contributed by atoms with Crippen molar-refractivity contribution in [3.63, 3.8) is 0 Å². The van der Waals surface area contributed by atoms with Crippen molar-refractivity contribution in [3.8, 4) is 0 Å². The van der Waals surface area contributed by atoms with Crippen LogP contribution in [-0.2, 0) is 19.6 Å². The smallest absolute Gasteiger partial charge is 0.330 e. The summed E-state index contributed by atoms with van der Waals surface area (Å²) >= 11 is 0. The van der Waals surface area contributed by atoms with E-state index in [4.69, 9.17) is 4.74 Å². The first-order valence-electron chi connectivity index (χ1n) is 10.1. The van der Waals surface area contributed by atoms with Gasteiger partial charge in [-0.1, -0.05) is 38.7 Å². The number of quaternary nitrogens is 1. The molecule has 0 saturated carbocycles. The van der Waals surface area contributed by atoms with Gasteiger partial charge in [0.25, 0.3) is 0 Å². The van der Waals surface area contributed by atoms with Gasteiger partial charge < -0.3 is 13.8 Å². The quantitative estimate of drug-likeness (QED) is 0.121. The van der Waals surface area contributed by atoms with Crippen molar-refractivity contribution in [1.29, 1.82) is 0 Å². The fraction of sp³-hybridized carbons (Fsp3) is 0.850. The average molecular weight is 406 g/mol. The van der Waals surface area contributed by atoms with Crippen molar-refractivity contribution in [2.24, 2.45) is 0 Å². The van der Waals surface area contributed by atoms with Crippen LogP contribution in [-0.4, -0.2) is 62.5 Å². The normalized spacial score (nSPS) is 13.3. The van der Waals surface area contributed by atoms with E-state index in [1.807, 2.05) is 6.92 Å². The van der Waals surface area contributed by atoms with Crippen LogP contribution < -0.4 is 0 Å². The molecule has 0 fully saturated rings. The second-order valence-corrected chi connectivity index (χ2v) is 9.59. The van der Waals surface area contributed by atoms with Crippen LogP contribution in [0.1, 0.15) is 71.1 Å². The zero-order chi connectivity index (χ0) is 20.8. The third-order valence-corrected chi connectivity index (χ3v) is 5.55. The molecule has 7 heteroatoms. The van der Waals surface area contributed by atoms with E-state index < -0.39 is 10.1 Å². The maximum atomic E-state index is 11.1. The highest BCUT2D eigenvalue weighted by molar-refractivity contribution is 7.85. The van der Waals surface area contributed by atoms with Gasteiger partial charge in [0.15, 0.2) is 0 Å². The zero-order valence-electron chi connectivity index (χ0n) is 17.5. The number of unbranched alkanes of at least 4 members (excludes halogenated alkanes) is 7. The Bertz CT molecular complexity index is 516. The molecule has 6 nitrogen and oxygen atoms in total. The summed E-state index contributed by atoms with van der Waals surface area (Å²) in [7, 11) is 0.0898. The van der Waals surface area contributed by atoms with Gasteiger partial charge in [-0.3, -0.25) is 0 Å². The molecule has 0 rings (SSSR count). The molecule has 0 amide bonds. The van der Waals surface area contributed by atoms with E-state index in [-0.39, 0.29) is 17.8 Å². The minimum Gasteiger partial charge on any atom is -0.748 e. The maximum Gasteiger partial charge on any atom is 0.330 e. The number of esters is 1. The summed E-state index contributed by atoms with van der Waals surface area (Å²) in [4.78, 5) is 11.1. The fourth-order valence-corrected chi connectivity index (χ4v) is 3.60. The lowest BCUT2D eigenvalue weighted by molar-refractivity contribution is -0.890. The first-order chi connectivity index (χ1) is 12.6. The van der Waals surface area contributed by atoms with Gasteiger partial charge in [-0.25, -0.2) is 13.2 Å². The Labute approximate surface area is 166 Å². The molecular weight excluding hydrogens is 366 g/mol. The minimum absolute atomic E-state index is 0.0364. The van der Waals surface area contributed by atoms with Crippen LogP contribution in [0, 0.1) is 0 Å². The van der Waals surface area contributed by atoms with Gasteiger partial charge in [0, 0.05) is 18.2 Å². The molecule has 0 radical (unpaired) electrons. The van der Waals surface area contributed by atoms with Crippen LogP contribution in [0.2, 0.25) is 0 Å². The minimum atomic E-state index is -4.09. The summed E-state index contributed by atoms with van der Waals surface area (Å²) < 4.78 is 37.8. The molecule has 0 spiro atoms. The molecule has 0 aliphatic carbocycles. The van der Waals surface area contributed by atoms with Crippen LogP contribution >= 0.6 is 0 Å². The summed E-state index contributed by atoms with van der Waals surface area (Å²) in [5.41, 5.74) is 0. The Morgan fingerprint density at radius 3 is 2.00 bits per heavy atom. The number of rotatable bonds is 17. The molecule has 0 N–H and O–H groups in total. The zero-order valence-corrected chi connectivity index (χ0v) is 18.3. The number of ether oxygens (including phenoxy) is 1. The highest BCUT2D eigenvalue weighted by atomic mass is 32.2. The lowest BCUT2D eigenvalue weighted by Gasteiger charge is -2.30. The molecule has 0 aliphatic rings. The van der Waals surface area contributed by atoms with Crippen LogP contribution in [0.15, 0.2) is 12.7 Å². The Balaban J connectivity index is 3.51. The monoisotopic (exact) mass is 405 g/mol. The highest BCUT2D eigenvalue weighted by Crippen LogP contribution is 2.13. The van der Waals surface area contributed by atoms with Crippen molar-refractivity contribution >= 4 is 16.1 Å². The number of hydrogen-bond donors (Lipinski definition) is 0. The number of nitrogens with zero attached hydrogens (tertiary/aromatic N) is 1. The van der Waals surface area contributed by atoms with E-state index in [1.165, 1.54) is 44.6 Å². The van der Waals surface area contributed by atoms with Gasteiger partial charge in [0.05, 0.1) is 43.4 Å². The standard InChI is InChI=1S/C20H39NO5S/c1-5-20(22)26-19(2)15-12-10-8-6-7-9-11-13-16-21(3,4)17-14-18-27(23,24)25/h5,19H,1,6-18H2,2-4H3. The molecule has 0 heterocycles. The lowest BCUT2D eigenvalue weighted by Crippen LogP contribution is -2.41. The number of carbonyl (C=O) groups excluding carboxylic acids is 1. The fourth-order valence-electron chi connectivity index (χ4n) is 3.12. The molecule has 0 aromatic heterocycles. The second kappa shape index (κ2) is 14.1. The van der Waals surface area contributed by atoms with Crippen molar-refractivity contribution < 1.29 is 27.0 Å². The predicted molar refractivity (Wildman–Crippen MR) is 108 cm³/mol. The third kappa shape index (κ3) is 18.2. The molecule has 0 aromatic carbocycles. The van der Waals surface area contributed by atoms with Crippen molar-refractivity contribution in [2.45, 2.75) is 77.2 Å². The van der Waals surface area contributed by atoms with Crippen LogP contribution in [0.3, 0.4) is 0 Å². The molecule has 160 valence electrons. The van der Waals surface area contributed by atoms with Gasteiger partial charge in [-0.15, -0.1) is 0 Å². The predicted octanol–water partition coefficient (Wildman–Crippen LogP) is 3.63. The molecule has 1 unspecified atom stereocenters. The maximum absolute atomic E-state index is 11.1. The lowest BCUT2D eigenvalue weighted by atomic mass is 10.1. The van der Waals surface area contributed by atoms with Crippen molar-refractivity contribution in [1.82, 2.24) is 0 Å². The van der Waals surface area contributed by atoms with Gasteiger partial charge in [-0.2, -0.15) is 0 Å². The molecule has 27 heavy (non-hydrogen) atoms. The summed E-state index contributed by atoms with van der Waals surface area (Å²) in [6.07, 6.45) is 12.0. The topological polar surface area (TPSA) is 83.5 Å². The largest absolute Gasteiger partial charge is 0.748 e. The number of carbonyl (C=O) groups is 1. The van der Waals surface area contributed by atoms with Gasteiger partial charge in [-0.05, 0) is 32.6 Å². The Hall–Kier alpha value is -0.920. The Morgan fingerprint density at radius 2 is 1.48 bits per heavy atom. The van der Waals surface area contributed by atoms with Crippen LogP contribution in [0.4, 0.5) is 0 Å². The van der Waals surface area contributed by atoms with Gasteiger partial charge in [0.1, 0.15) is 0 Å². The van der Waals surface area contributed by atoms with Gasteiger partial charge in [0.2, 0.25) is 0 Å². The summed E-state index contributed by atoms with van der Waals surface area (Å²) in [5.74, 6) is -0.607. The third-order valence-electron chi connectivity index (χ3n) is 4.77. The molecular formula is C20H39NO5S. The molecule has 0 aliphatic heterocycles. The van der Waals surface area contributed by atoms with Gasteiger partial charge >= 0.3 is 5.97 Å². The first-order valence-corrected chi connectivity index (χ1v) is 11.7. The summed E-state index contributed by atoms with van der Waals surface area (Å²) in [6.45, 7) is 7.05. The van der Waals surface area contributed by atoms with E-state index in [0.717, 1.165) is 36.8 Å². The van der Waals surface area contributed by atoms with Crippen molar-refractivity contribution in [2.75, 3.05) is 32.9 Å². The molecule has 1 atom stereocenters. The highest BCUT2D eigenvalue weighted by Gasteiger charge is 2.14. The first kappa shape index (κ1) is 26.1. The molecule has 0 saturated heterocycles. The average Bonchev–Trinajstić information content (AvgIpc) is 2.54. The molecule has 0 aromatic rings. The van der Waals surface area contributed by atoms with Crippen molar-refractivity contribution in [3.05, 3.63) is 12.7 Å². The van der Waals surface area contributed by atoms with Crippen LogP contribution in [0.5, 0.6) is 0 Å². The second-order valence-electron chi connectivity index (χ2n) is 8.07. The van der Waals surface area contributed by atoms with E-state index in [2.05, 4.69) is 20.7 Å². The molecule has 0 bridgehead atoms. The van der Waals surface area contributed by atoms with E-state index in [9.17, 15) is 17.8 Å². The van der Waals surface area contributed by atoms with E-state index >= 15 is 0 Å². The SMILES string of the molecule is C=CC(=O)OC(C)CCCCCCCCCC[N+](C)(C)CCCS(=O)(=O)[O-]. The summed E-state index contributed by atoms with van der Waals surface area (Å²) in [5, 5.41) is 0.